The number of hydrogen-bond donors (Lipinski definition) is 0. The standard InChI is InChI=1S/C19H31N3O3/c23-18(16-5-6-16)21-9-7-20(8-10-21)17(15-3-1-2-4-15)19(24)22-11-13-25-14-12-22/h15-17H,1-14H2/t17-/m0/s1. The molecule has 1 atom stereocenters. The minimum Gasteiger partial charge on any atom is -0.378 e. The summed E-state index contributed by atoms with van der Waals surface area (Å²) in [7, 11) is 0. The fraction of sp³-hybridized carbons (Fsp3) is 0.895. The Bertz CT molecular complexity index is 488. The van der Waals surface area contributed by atoms with E-state index in [0.717, 1.165) is 52.1 Å². The predicted molar refractivity (Wildman–Crippen MR) is 94.0 cm³/mol. The first-order valence-electron chi connectivity index (χ1n) is 10.1. The highest BCUT2D eigenvalue weighted by Gasteiger charge is 2.41. The third kappa shape index (κ3) is 3.85. The van der Waals surface area contributed by atoms with Gasteiger partial charge < -0.3 is 14.5 Å². The fourth-order valence-corrected chi connectivity index (χ4v) is 4.71. The molecule has 2 amide bonds. The lowest BCUT2D eigenvalue weighted by Crippen LogP contribution is -2.59. The molecule has 4 rings (SSSR count). The Hall–Kier alpha value is -1.14. The number of nitrogens with zero attached hydrogens (tertiary/aromatic N) is 3. The average Bonchev–Trinajstić information content (AvgIpc) is 3.39. The van der Waals surface area contributed by atoms with Crippen molar-refractivity contribution in [1.29, 1.82) is 0 Å². The molecule has 2 saturated carbocycles. The first-order valence-corrected chi connectivity index (χ1v) is 10.1. The molecule has 2 aliphatic heterocycles. The number of rotatable bonds is 4. The average molecular weight is 349 g/mol. The third-order valence-electron chi connectivity index (χ3n) is 6.37. The molecule has 0 aromatic carbocycles. The highest BCUT2D eigenvalue weighted by Crippen LogP contribution is 2.34. The van der Waals surface area contributed by atoms with Crippen molar-refractivity contribution in [3.63, 3.8) is 0 Å². The highest BCUT2D eigenvalue weighted by molar-refractivity contribution is 5.83. The van der Waals surface area contributed by atoms with E-state index in [9.17, 15) is 9.59 Å². The first kappa shape index (κ1) is 17.3. The normalized spacial score (nSPS) is 27.5. The second-order valence-electron chi connectivity index (χ2n) is 8.06. The molecule has 4 aliphatic rings. The Morgan fingerprint density at radius 2 is 1.44 bits per heavy atom. The molecular formula is C19H31N3O3. The minimum atomic E-state index is 0.0128. The van der Waals surface area contributed by atoms with Crippen molar-refractivity contribution in [2.24, 2.45) is 11.8 Å². The molecule has 6 nitrogen and oxygen atoms in total. The molecule has 140 valence electrons. The third-order valence-corrected chi connectivity index (χ3v) is 6.37. The Kier molecular flexibility index (Phi) is 5.27. The number of carbonyl (C=O) groups excluding carboxylic acids is 2. The molecule has 0 spiro atoms. The zero-order chi connectivity index (χ0) is 17.2. The summed E-state index contributed by atoms with van der Waals surface area (Å²) in [6.45, 7) is 6.03. The van der Waals surface area contributed by atoms with Gasteiger partial charge in [0.2, 0.25) is 11.8 Å². The Balaban J connectivity index is 1.41. The van der Waals surface area contributed by atoms with Crippen molar-refractivity contribution in [1.82, 2.24) is 14.7 Å². The van der Waals surface area contributed by atoms with Gasteiger partial charge in [-0.15, -0.1) is 0 Å². The number of hydrogen-bond acceptors (Lipinski definition) is 4. The summed E-state index contributed by atoms with van der Waals surface area (Å²) in [6.07, 6.45) is 6.97. The van der Waals surface area contributed by atoms with Crippen LogP contribution in [0.5, 0.6) is 0 Å². The van der Waals surface area contributed by atoms with Crippen molar-refractivity contribution in [2.45, 2.75) is 44.6 Å². The van der Waals surface area contributed by atoms with Gasteiger partial charge in [0, 0.05) is 45.2 Å². The second-order valence-corrected chi connectivity index (χ2v) is 8.06. The van der Waals surface area contributed by atoms with E-state index in [2.05, 4.69) is 4.90 Å². The maximum absolute atomic E-state index is 13.3. The smallest absolute Gasteiger partial charge is 0.240 e. The van der Waals surface area contributed by atoms with Gasteiger partial charge in [0.1, 0.15) is 0 Å². The van der Waals surface area contributed by atoms with Gasteiger partial charge in [0.05, 0.1) is 19.3 Å². The van der Waals surface area contributed by atoms with Gasteiger partial charge in [-0.25, -0.2) is 0 Å². The highest BCUT2D eigenvalue weighted by atomic mass is 16.5. The van der Waals surface area contributed by atoms with Gasteiger partial charge in [0.15, 0.2) is 0 Å². The first-order chi connectivity index (χ1) is 12.2. The van der Waals surface area contributed by atoms with Crippen molar-refractivity contribution >= 4 is 11.8 Å². The molecule has 4 fully saturated rings. The van der Waals surface area contributed by atoms with Crippen LogP contribution in [-0.2, 0) is 14.3 Å². The zero-order valence-corrected chi connectivity index (χ0v) is 15.2. The lowest BCUT2D eigenvalue weighted by Gasteiger charge is -2.43. The van der Waals surface area contributed by atoms with E-state index in [-0.39, 0.29) is 6.04 Å². The van der Waals surface area contributed by atoms with Crippen LogP contribution in [0.15, 0.2) is 0 Å². The van der Waals surface area contributed by atoms with Gasteiger partial charge in [0.25, 0.3) is 0 Å². The summed E-state index contributed by atoms with van der Waals surface area (Å²) >= 11 is 0. The molecule has 0 N–H and O–H groups in total. The summed E-state index contributed by atoms with van der Waals surface area (Å²) in [6, 6.07) is 0.0128. The summed E-state index contributed by atoms with van der Waals surface area (Å²) in [5, 5.41) is 0. The van der Waals surface area contributed by atoms with E-state index in [4.69, 9.17) is 4.74 Å². The Morgan fingerprint density at radius 3 is 2.04 bits per heavy atom. The van der Waals surface area contributed by atoms with Crippen LogP contribution >= 0.6 is 0 Å². The molecule has 2 heterocycles. The van der Waals surface area contributed by atoms with Crippen LogP contribution in [0.4, 0.5) is 0 Å². The lowest BCUT2D eigenvalue weighted by molar-refractivity contribution is -0.145. The van der Waals surface area contributed by atoms with E-state index < -0.39 is 0 Å². The van der Waals surface area contributed by atoms with Crippen LogP contribution in [0.25, 0.3) is 0 Å². The van der Waals surface area contributed by atoms with Crippen LogP contribution in [0.1, 0.15) is 38.5 Å². The topological polar surface area (TPSA) is 53.1 Å². The number of carbonyl (C=O) groups is 2. The molecule has 25 heavy (non-hydrogen) atoms. The Morgan fingerprint density at radius 1 is 0.800 bits per heavy atom. The number of morpholine rings is 1. The van der Waals surface area contributed by atoms with Crippen molar-refractivity contribution < 1.29 is 14.3 Å². The molecule has 0 radical (unpaired) electrons. The van der Waals surface area contributed by atoms with Crippen LogP contribution in [-0.4, -0.2) is 85.0 Å². The summed E-state index contributed by atoms with van der Waals surface area (Å²) in [5.41, 5.74) is 0. The zero-order valence-electron chi connectivity index (χ0n) is 15.2. The minimum absolute atomic E-state index is 0.0128. The van der Waals surface area contributed by atoms with E-state index >= 15 is 0 Å². The largest absolute Gasteiger partial charge is 0.378 e. The quantitative estimate of drug-likeness (QED) is 0.759. The number of amides is 2. The maximum Gasteiger partial charge on any atom is 0.240 e. The fourth-order valence-electron chi connectivity index (χ4n) is 4.71. The summed E-state index contributed by atoms with van der Waals surface area (Å²) < 4.78 is 5.42. The molecule has 2 aliphatic carbocycles. The maximum atomic E-state index is 13.3. The molecule has 2 saturated heterocycles. The van der Waals surface area contributed by atoms with E-state index in [0.29, 0.717) is 36.9 Å². The number of ether oxygens (including phenoxy) is 1. The van der Waals surface area contributed by atoms with E-state index in [1.165, 1.54) is 25.7 Å². The monoisotopic (exact) mass is 349 g/mol. The van der Waals surface area contributed by atoms with Gasteiger partial charge in [-0.1, -0.05) is 12.8 Å². The van der Waals surface area contributed by atoms with Crippen LogP contribution < -0.4 is 0 Å². The van der Waals surface area contributed by atoms with Crippen LogP contribution in [0.2, 0.25) is 0 Å². The lowest BCUT2D eigenvalue weighted by atomic mass is 9.94. The Labute approximate surface area is 150 Å². The van der Waals surface area contributed by atoms with Gasteiger partial charge in [-0.2, -0.15) is 0 Å². The van der Waals surface area contributed by atoms with Gasteiger partial charge in [-0.3, -0.25) is 14.5 Å². The van der Waals surface area contributed by atoms with Gasteiger partial charge >= 0.3 is 0 Å². The second kappa shape index (κ2) is 7.62. The van der Waals surface area contributed by atoms with Crippen molar-refractivity contribution in [2.75, 3.05) is 52.5 Å². The van der Waals surface area contributed by atoms with Gasteiger partial charge in [-0.05, 0) is 31.6 Å². The van der Waals surface area contributed by atoms with E-state index in [1.807, 2.05) is 9.80 Å². The molecule has 0 aromatic rings. The van der Waals surface area contributed by atoms with Crippen molar-refractivity contribution in [3.05, 3.63) is 0 Å². The van der Waals surface area contributed by atoms with Crippen LogP contribution in [0.3, 0.4) is 0 Å². The summed E-state index contributed by atoms with van der Waals surface area (Å²) in [5.74, 6) is 1.43. The SMILES string of the molecule is O=C(C1CC1)N1CCN([C@H](C(=O)N2CCOCC2)C2CCCC2)CC1. The molecule has 0 unspecified atom stereocenters. The molecule has 0 aromatic heterocycles. The van der Waals surface area contributed by atoms with E-state index in [1.54, 1.807) is 0 Å². The van der Waals surface area contributed by atoms with Crippen LogP contribution in [0, 0.1) is 11.8 Å². The summed E-state index contributed by atoms with van der Waals surface area (Å²) in [4.78, 5) is 32.0. The predicted octanol–water partition coefficient (Wildman–Crippen LogP) is 0.958. The molecule has 6 heteroatoms. The number of piperazine rings is 1. The molecule has 0 bridgehead atoms. The molecular weight excluding hydrogens is 318 g/mol. The van der Waals surface area contributed by atoms with Crippen molar-refractivity contribution in [3.8, 4) is 0 Å².